The minimum Gasteiger partial charge on any atom is -0.0498 e. The van der Waals surface area contributed by atoms with Crippen LogP contribution < -0.4 is 0 Å². The monoisotopic (exact) mass is 654 g/mol. The van der Waals surface area contributed by atoms with Crippen molar-refractivity contribution in [2.45, 2.75) is 38.5 Å². The average molecular weight is 655 g/mol. The molecule has 24 saturated carbocycles. The van der Waals surface area contributed by atoms with Crippen LogP contribution in [0.25, 0.3) is 0 Å². The van der Waals surface area contributed by atoms with Crippen molar-refractivity contribution in [1.82, 2.24) is 0 Å². The van der Waals surface area contributed by atoms with E-state index in [9.17, 15) is 0 Å². The summed E-state index contributed by atoms with van der Waals surface area (Å²) in [6.45, 7) is 0. The van der Waals surface area contributed by atoms with Gasteiger partial charge in [0.2, 0.25) is 0 Å². The van der Waals surface area contributed by atoms with E-state index in [0.717, 1.165) is 10.8 Å². The molecule has 2 bridgehead atoms. The fraction of sp³-hybridized carbons (Fsp3) is 1.00. The van der Waals surface area contributed by atoms with Crippen molar-refractivity contribution in [3.63, 3.8) is 0 Å². The number of rotatable bonds is 0. The summed E-state index contributed by atoms with van der Waals surface area (Å²) in [5.41, 5.74) is 2.00. The first kappa shape index (κ1) is 22.5. The lowest BCUT2D eigenvalue weighted by Crippen LogP contribution is -2.99. The van der Waals surface area contributed by atoms with Gasteiger partial charge in [0.15, 0.2) is 0 Å². The molecule has 44 unspecified atom stereocenters. The second-order valence-corrected chi connectivity index (χ2v) is 28.2. The first-order valence-electron chi connectivity index (χ1n) is 24.9. The summed E-state index contributed by atoms with van der Waals surface area (Å²) in [6, 6.07) is 0. The van der Waals surface area contributed by atoms with Gasteiger partial charge in [0.1, 0.15) is 0 Å². The molecule has 0 heterocycles. The third-order valence-electron chi connectivity index (χ3n) is 32.1. The Bertz CT molecular complexity index is 2060. The van der Waals surface area contributed by atoms with E-state index in [0.29, 0.717) is 0 Å². The minimum absolute atomic E-state index is 0.989. The van der Waals surface area contributed by atoms with Crippen molar-refractivity contribution in [2.24, 2.45) is 259 Å². The smallest absolute Gasteiger partial charge is 0.0134 e. The van der Waals surface area contributed by atoms with Gasteiger partial charge in [-0.05, 0) is 298 Å². The van der Waals surface area contributed by atoms with Gasteiger partial charge in [-0.25, -0.2) is 0 Å². The third-order valence-corrected chi connectivity index (χ3v) is 32.1. The maximum absolute atomic E-state index is 1.79. The van der Waals surface area contributed by atoms with Gasteiger partial charge in [0.25, 0.3) is 0 Å². The van der Waals surface area contributed by atoms with Crippen molar-refractivity contribution >= 4 is 0 Å². The SMILES string of the molecule is C1CC2CC3C4C5C6C7C8C9C%10C%11C%12C%13C%14C%15C%16CC%17CC(C%17%16)C%16C%15C%14C%16C%14C%13C%12C%14C%12C%11C%10C%12C%10C9C8C%10C8C7C6C8C6C7C1CC23C74C65. The lowest BCUT2D eigenvalue weighted by atomic mass is 9.01. The molecule has 0 N–H and O–H groups in total. The van der Waals surface area contributed by atoms with Crippen LogP contribution >= 0.6 is 0 Å². The van der Waals surface area contributed by atoms with Crippen LogP contribution in [0.1, 0.15) is 38.5 Å². The molecule has 0 nitrogen and oxygen atoms in total. The molecule has 0 aromatic rings. The van der Waals surface area contributed by atoms with E-state index in [-0.39, 0.29) is 0 Å². The van der Waals surface area contributed by atoms with E-state index in [1.807, 2.05) is 0 Å². The van der Waals surface area contributed by atoms with Crippen LogP contribution in [0.3, 0.4) is 0 Å². The van der Waals surface area contributed by atoms with Gasteiger partial charge in [0.05, 0.1) is 0 Å². The van der Waals surface area contributed by atoms with Crippen molar-refractivity contribution in [1.29, 1.82) is 0 Å². The highest BCUT2D eigenvalue weighted by molar-refractivity contribution is 5.51. The zero-order valence-corrected chi connectivity index (χ0v) is 29.5. The zero-order valence-electron chi connectivity index (χ0n) is 29.5. The Kier molecular flexibility index (Phi) is 2.45. The summed E-state index contributed by atoms with van der Waals surface area (Å²) < 4.78 is 0. The largest absolute Gasteiger partial charge is 0.0498 e. The van der Waals surface area contributed by atoms with Gasteiger partial charge in [-0.1, -0.05) is 0 Å². The van der Waals surface area contributed by atoms with Gasteiger partial charge < -0.3 is 0 Å². The molecule has 0 aromatic carbocycles. The summed E-state index contributed by atoms with van der Waals surface area (Å²) in [5.74, 6) is 55.1. The van der Waals surface area contributed by atoms with Gasteiger partial charge in [-0.15, -0.1) is 0 Å². The zero-order chi connectivity index (χ0) is 29.5. The first-order valence-corrected chi connectivity index (χ1v) is 24.9. The van der Waals surface area contributed by atoms with Gasteiger partial charge in [-0.2, -0.15) is 0 Å². The molecule has 0 saturated heterocycles. The van der Waals surface area contributed by atoms with Gasteiger partial charge in [-0.3, -0.25) is 0 Å². The van der Waals surface area contributed by atoms with Crippen LogP contribution in [0.15, 0.2) is 0 Å². The van der Waals surface area contributed by atoms with E-state index < -0.39 is 0 Å². The van der Waals surface area contributed by atoms with Gasteiger partial charge >= 0.3 is 0 Å². The van der Waals surface area contributed by atoms with E-state index >= 15 is 0 Å². The van der Waals surface area contributed by atoms with Crippen LogP contribution in [0, 0.1) is 259 Å². The van der Waals surface area contributed by atoms with Gasteiger partial charge in [0, 0.05) is 0 Å². The van der Waals surface area contributed by atoms with Crippen molar-refractivity contribution in [3.05, 3.63) is 0 Å². The second-order valence-electron chi connectivity index (χ2n) is 28.2. The highest BCUT2D eigenvalue weighted by Gasteiger charge is 3.04. The van der Waals surface area contributed by atoms with Crippen molar-refractivity contribution in [3.8, 4) is 0 Å². The fourth-order valence-electron chi connectivity index (χ4n) is 34.3. The van der Waals surface area contributed by atoms with Crippen LogP contribution in [0.5, 0.6) is 0 Å². The molecule has 24 aliphatic rings. The van der Waals surface area contributed by atoms with E-state index in [2.05, 4.69) is 0 Å². The van der Waals surface area contributed by atoms with E-state index in [1.165, 1.54) is 249 Å². The molecule has 2 spiro atoms. The number of fused-ring (bicyclic) bond motifs is 27. The van der Waals surface area contributed by atoms with Crippen LogP contribution in [0.4, 0.5) is 0 Å². The van der Waals surface area contributed by atoms with Crippen molar-refractivity contribution < 1.29 is 0 Å². The molecule has 24 rings (SSSR count). The Balaban J connectivity index is 0.676. The highest BCUT2D eigenvalue weighted by Crippen LogP contribution is 3.08. The topological polar surface area (TPSA) is 0 Å². The highest BCUT2D eigenvalue weighted by atomic mass is 15.1. The lowest BCUT2D eigenvalue weighted by Gasteiger charge is -3.03. The Morgan fingerprint density at radius 2 is 0.660 bits per heavy atom. The Morgan fingerprint density at radius 1 is 0.280 bits per heavy atom. The molecule has 0 amide bonds. The molecule has 24 fully saturated rings. The average Bonchev–Trinajstić information content (AvgIpc) is 3.29. The second kappa shape index (κ2) is 5.44. The Labute approximate surface area is 296 Å². The number of hydrogen-bond acceptors (Lipinski definition) is 0. The predicted molar refractivity (Wildman–Crippen MR) is 179 cm³/mol. The first-order chi connectivity index (χ1) is 24.9. The molecule has 0 aromatic heterocycles. The normalized spacial score (nSPS) is 101. The molecular formula is C50H54. The van der Waals surface area contributed by atoms with Crippen LogP contribution in [-0.2, 0) is 0 Å². The standard InChI is InChI=1S/C50H54/c1-2-9-5-12-47-45-43-40-37-34-30-27-24-21-18-15-11-4-8-3-10(13(8)11)14-16(15)19(18)17(14)20-22(21)25(24)23(20)26-28(27)31(30)29(26)33-32(34)35(37)36(33)39-38(40)41(43)42(39)44-46-7(1)6-49(9,12)50(46,47)48(44)45/h7-48H,1-6H2. The Morgan fingerprint density at radius 3 is 1.10 bits per heavy atom. The molecule has 44 atom stereocenters. The maximum atomic E-state index is 1.79. The van der Waals surface area contributed by atoms with Crippen molar-refractivity contribution in [2.75, 3.05) is 0 Å². The molecule has 50 heavy (non-hydrogen) atoms. The summed E-state index contributed by atoms with van der Waals surface area (Å²) in [7, 11) is 0. The molecule has 24 aliphatic carbocycles. The molecule has 0 radical (unpaired) electrons. The molecule has 254 valence electrons. The van der Waals surface area contributed by atoms with Crippen LogP contribution in [-0.4, -0.2) is 0 Å². The predicted octanol–water partition coefficient (Wildman–Crippen LogP) is 7.51. The Hall–Kier alpha value is 0. The summed E-state index contributed by atoms with van der Waals surface area (Å²) in [4.78, 5) is 0. The molecule has 0 aliphatic heterocycles. The van der Waals surface area contributed by atoms with E-state index in [4.69, 9.17) is 0 Å². The third kappa shape index (κ3) is 1.31. The quantitative estimate of drug-likeness (QED) is 0.254. The lowest BCUT2D eigenvalue weighted by molar-refractivity contribution is -0.562. The maximum Gasteiger partial charge on any atom is -0.0134 e. The molecule has 0 heteroatoms. The van der Waals surface area contributed by atoms with E-state index in [1.54, 1.807) is 38.5 Å². The van der Waals surface area contributed by atoms with Crippen LogP contribution in [0.2, 0.25) is 0 Å². The minimum atomic E-state index is 0.989. The summed E-state index contributed by atoms with van der Waals surface area (Å²) in [5, 5.41) is 0. The fourth-order valence-corrected chi connectivity index (χ4v) is 34.3. The summed E-state index contributed by atoms with van der Waals surface area (Å²) in [6.07, 6.45) is 10.4. The molecular weight excluding hydrogens is 601 g/mol. The number of hydrogen-bond donors (Lipinski definition) is 0. The summed E-state index contributed by atoms with van der Waals surface area (Å²) >= 11 is 0.